The van der Waals surface area contributed by atoms with Crippen molar-refractivity contribution in [1.82, 2.24) is 4.90 Å². The summed E-state index contributed by atoms with van der Waals surface area (Å²) in [5.74, 6) is -0.573. The van der Waals surface area contributed by atoms with Crippen LogP contribution in [0, 0.1) is 5.82 Å². The quantitative estimate of drug-likeness (QED) is 0.831. The summed E-state index contributed by atoms with van der Waals surface area (Å²) in [4.78, 5) is 13.8. The van der Waals surface area contributed by atoms with Gasteiger partial charge in [-0.3, -0.25) is 9.69 Å². The molecule has 5 heteroatoms. The zero-order valence-electron chi connectivity index (χ0n) is 11.8. The summed E-state index contributed by atoms with van der Waals surface area (Å²) < 4.78 is 13.0. The zero-order valence-corrected chi connectivity index (χ0v) is 11.8. The minimum atomic E-state index is -0.377. The highest BCUT2D eigenvalue weighted by Crippen LogP contribution is 2.13. The maximum absolute atomic E-state index is 13.0. The number of nitrogen functional groups attached to an aromatic ring is 1. The van der Waals surface area contributed by atoms with Crippen molar-refractivity contribution in [2.45, 2.75) is 6.54 Å². The fraction of sp³-hybridized carbons (Fsp3) is 0.188. The third-order valence-corrected chi connectivity index (χ3v) is 3.02. The van der Waals surface area contributed by atoms with E-state index < -0.39 is 0 Å². The number of carbonyl (C=O) groups is 1. The lowest BCUT2D eigenvalue weighted by Gasteiger charge is -2.17. The van der Waals surface area contributed by atoms with Gasteiger partial charge in [0.15, 0.2) is 0 Å². The van der Waals surface area contributed by atoms with Crippen LogP contribution in [0.15, 0.2) is 48.5 Å². The summed E-state index contributed by atoms with van der Waals surface area (Å²) >= 11 is 0. The molecule has 0 aliphatic heterocycles. The summed E-state index contributed by atoms with van der Waals surface area (Å²) in [6.07, 6.45) is 0. The molecule has 0 bridgehead atoms. The largest absolute Gasteiger partial charge is 0.398 e. The monoisotopic (exact) mass is 287 g/mol. The van der Waals surface area contributed by atoms with Gasteiger partial charge in [-0.1, -0.05) is 24.3 Å². The van der Waals surface area contributed by atoms with Gasteiger partial charge < -0.3 is 11.1 Å². The van der Waals surface area contributed by atoms with Crippen LogP contribution in [-0.4, -0.2) is 24.4 Å². The Kier molecular flexibility index (Phi) is 4.90. The molecule has 0 radical (unpaired) electrons. The van der Waals surface area contributed by atoms with Gasteiger partial charge in [0, 0.05) is 17.9 Å². The molecule has 0 aromatic heterocycles. The highest BCUT2D eigenvalue weighted by Gasteiger charge is 2.09. The van der Waals surface area contributed by atoms with E-state index in [1.165, 1.54) is 12.1 Å². The highest BCUT2D eigenvalue weighted by molar-refractivity contribution is 5.92. The summed E-state index contributed by atoms with van der Waals surface area (Å²) in [6.45, 7) is 0.772. The molecule has 0 saturated carbocycles. The van der Waals surface area contributed by atoms with Crippen LogP contribution >= 0.6 is 0 Å². The van der Waals surface area contributed by atoms with Gasteiger partial charge in [-0.15, -0.1) is 0 Å². The van der Waals surface area contributed by atoms with Crippen molar-refractivity contribution in [2.24, 2.45) is 0 Å². The lowest BCUT2D eigenvalue weighted by molar-refractivity contribution is -0.117. The Balaban J connectivity index is 1.89. The van der Waals surface area contributed by atoms with E-state index in [9.17, 15) is 9.18 Å². The Morgan fingerprint density at radius 1 is 1.24 bits per heavy atom. The molecule has 2 aromatic rings. The van der Waals surface area contributed by atoms with Crippen LogP contribution < -0.4 is 11.1 Å². The molecule has 21 heavy (non-hydrogen) atoms. The first-order chi connectivity index (χ1) is 10.0. The number of hydrogen-bond acceptors (Lipinski definition) is 3. The van der Waals surface area contributed by atoms with Crippen molar-refractivity contribution < 1.29 is 9.18 Å². The molecule has 4 nitrogen and oxygen atoms in total. The minimum absolute atomic E-state index is 0.197. The van der Waals surface area contributed by atoms with Gasteiger partial charge in [0.2, 0.25) is 5.91 Å². The maximum atomic E-state index is 13.0. The summed E-state index contributed by atoms with van der Waals surface area (Å²) in [5.41, 5.74) is 8.00. The molecule has 0 fully saturated rings. The standard InChI is InChI=1S/C16H18FN3O/c1-20(10-12-5-2-3-8-15(12)18)11-16(21)19-14-7-4-6-13(17)9-14/h2-9H,10-11,18H2,1H3,(H,19,21). The number of halogens is 1. The predicted molar refractivity (Wildman–Crippen MR) is 82.2 cm³/mol. The Bertz CT molecular complexity index is 630. The second kappa shape index (κ2) is 6.85. The molecular formula is C16H18FN3O. The van der Waals surface area contributed by atoms with Gasteiger partial charge in [0.25, 0.3) is 0 Å². The maximum Gasteiger partial charge on any atom is 0.238 e. The Hall–Kier alpha value is -2.40. The number of rotatable bonds is 5. The van der Waals surface area contributed by atoms with Crippen LogP contribution in [0.1, 0.15) is 5.56 Å². The third-order valence-electron chi connectivity index (χ3n) is 3.02. The molecule has 0 heterocycles. The van der Waals surface area contributed by atoms with Gasteiger partial charge in [-0.25, -0.2) is 4.39 Å². The van der Waals surface area contributed by atoms with Crippen LogP contribution in [-0.2, 0) is 11.3 Å². The average Bonchev–Trinajstić information content (AvgIpc) is 2.41. The number of para-hydroxylation sites is 1. The number of hydrogen-bond donors (Lipinski definition) is 2. The predicted octanol–water partition coefficient (Wildman–Crippen LogP) is 2.48. The first kappa shape index (κ1) is 15.0. The molecular weight excluding hydrogens is 269 g/mol. The topological polar surface area (TPSA) is 58.4 Å². The summed E-state index contributed by atoms with van der Waals surface area (Å²) in [7, 11) is 1.83. The van der Waals surface area contributed by atoms with Crippen molar-refractivity contribution in [3.63, 3.8) is 0 Å². The van der Waals surface area contributed by atoms with Crippen LogP contribution in [0.4, 0.5) is 15.8 Å². The Morgan fingerprint density at radius 2 is 2.00 bits per heavy atom. The van der Waals surface area contributed by atoms with Crippen molar-refractivity contribution >= 4 is 17.3 Å². The van der Waals surface area contributed by atoms with Crippen LogP contribution in [0.5, 0.6) is 0 Å². The number of anilines is 2. The molecule has 0 aliphatic rings. The zero-order chi connectivity index (χ0) is 15.2. The third kappa shape index (κ3) is 4.57. The molecule has 1 amide bonds. The molecule has 0 aliphatic carbocycles. The fourth-order valence-corrected chi connectivity index (χ4v) is 2.04. The van der Waals surface area contributed by atoms with Crippen LogP contribution in [0.3, 0.4) is 0 Å². The van der Waals surface area contributed by atoms with Crippen molar-refractivity contribution in [2.75, 3.05) is 24.6 Å². The second-order valence-electron chi connectivity index (χ2n) is 4.93. The van der Waals surface area contributed by atoms with Crippen LogP contribution in [0.25, 0.3) is 0 Å². The van der Waals surface area contributed by atoms with E-state index in [0.717, 1.165) is 5.56 Å². The van der Waals surface area contributed by atoms with Crippen molar-refractivity contribution in [3.8, 4) is 0 Å². The van der Waals surface area contributed by atoms with Gasteiger partial charge >= 0.3 is 0 Å². The number of nitrogens with one attached hydrogen (secondary N) is 1. The Morgan fingerprint density at radius 3 is 2.71 bits per heavy atom. The van der Waals surface area contributed by atoms with Crippen molar-refractivity contribution in [1.29, 1.82) is 0 Å². The van der Waals surface area contributed by atoms with E-state index in [-0.39, 0.29) is 18.3 Å². The number of nitrogens with two attached hydrogens (primary N) is 1. The first-order valence-electron chi connectivity index (χ1n) is 6.62. The minimum Gasteiger partial charge on any atom is -0.398 e. The van der Waals surface area contributed by atoms with E-state index in [2.05, 4.69) is 5.32 Å². The summed E-state index contributed by atoms with van der Waals surface area (Å²) in [6, 6.07) is 13.4. The van der Waals surface area contributed by atoms with Gasteiger partial charge in [-0.05, 0) is 36.9 Å². The van der Waals surface area contributed by atoms with E-state index in [1.54, 1.807) is 12.1 Å². The lowest BCUT2D eigenvalue weighted by atomic mass is 10.2. The lowest BCUT2D eigenvalue weighted by Crippen LogP contribution is -2.30. The average molecular weight is 287 g/mol. The number of benzene rings is 2. The fourth-order valence-electron chi connectivity index (χ4n) is 2.04. The Labute approximate surface area is 123 Å². The van der Waals surface area contributed by atoms with Gasteiger partial charge in [0.1, 0.15) is 5.82 Å². The molecule has 2 aromatic carbocycles. The molecule has 0 atom stereocenters. The number of amides is 1. The number of likely N-dealkylation sites (N-methyl/N-ethyl adjacent to an activating group) is 1. The summed E-state index contributed by atoms with van der Waals surface area (Å²) in [5, 5.41) is 2.66. The number of carbonyl (C=O) groups excluding carboxylic acids is 1. The van der Waals surface area contributed by atoms with E-state index in [0.29, 0.717) is 17.9 Å². The molecule has 2 rings (SSSR count). The highest BCUT2D eigenvalue weighted by atomic mass is 19.1. The van der Waals surface area contributed by atoms with E-state index in [4.69, 9.17) is 5.73 Å². The molecule has 0 unspecified atom stereocenters. The SMILES string of the molecule is CN(CC(=O)Nc1cccc(F)c1)Cc1ccccc1N. The first-order valence-corrected chi connectivity index (χ1v) is 6.62. The molecule has 3 N–H and O–H groups in total. The van der Waals surface area contributed by atoms with E-state index in [1.807, 2.05) is 36.2 Å². The second-order valence-corrected chi connectivity index (χ2v) is 4.93. The number of nitrogens with zero attached hydrogens (tertiary/aromatic N) is 1. The van der Waals surface area contributed by atoms with E-state index >= 15 is 0 Å². The molecule has 0 spiro atoms. The van der Waals surface area contributed by atoms with Gasteiger partial charge in [0.05, 0.1) is 6.54 Å². The molecule has 0 saturated heterocycles. The normalized spacial score (nSPS) is 10.6. The van der Waals surface area contributed by atoms with Gasteiger partial charge in [-0.2, -0.15) is 0 Å². The van der Waals surface area contributed by atoms with Crippen molar-refractivity contribution in [3.05, 3.63) is 59.9 Å². The van der Waals surface area contributed by atoms with Crippen LogP contribution in [0.2, 0.25) is 0 Å². The molecule has 110 valence electrons. The smallest absolute Gasteiger partial charge is 0.238 e.